The van der Waals surface area contributed by atoms with Gasteiger partial charge in [0.1, 0.15) is 0 Å². The summed E-state index contributed by atoms with van der Waals surface area (Å²) in [6, 6.07) is 9.27. The second-order valence-corrected chi connectivity index (χ2v) is 5.16. The van der Waals surface area contributed by atoms with Crippen LogP contribution in [0.3, 0.4) is 0 Å². The van der Waals surface area contributed by atoms with E-state index in [4.69, 9.17) is 0 Å². The number of amides is 3. The zero-order valence-electron chi connectivity index (χ0n) is 11.7. The largest absolute Gasteiger partial charge is 0.331 e. The molecule has 3 amide bonds. The van der Waals surface area contributed by atoms with Crippen molar-refractivity contribution in [3.63, 3.8) is 0 Å². The van der Waals surface area contributed by atoms with Gasteiger partial charge in [-0.1, -0.05) is 39.0 Å². The van der Waals surface area contributed by atoms with E-state index in [0.29, 0.717) is 13.0 Å². The van der Waals surface area contributed by atoms with Crippen LogP contribution in [0.25, 0.3) is 0 Å². The van der Waals surface area contributed by atoms with E-state index in [1.807, 2.05) is 44.2 Å². The normalized spacial score (nSPS) is 19.4. The molecule has 0 N–H and O–H groups in total. The Bertz CT molecular complexity index is 470. The molecule has 102 valence electrons. The predicted octanol–water partition coefficient (Wildman–Crippen LogP) is 2.89. The van der Waals surface area contributed by atoms with Crippen molar-refractivity contribution in [2.75, 3.05) is 11.4 Å². The van der Waals surface area contributed by atoms with Crippen molar-refractivity contribution < 1.29 is 9.59 Å². The smallest absolute Gasteiger partial charge is 0.292 e. The summed E-state index contributed by atoms with van der Waals surface area (Å²) in [6.45, 7) is 6.45. The zero-order chi connectivity index (χ0) is 14.0. The van der Waals surface area contributed by atoms with Gasteiger partial charge in [-0.3, -0.25) is 14.6 Å². The van der Waals surface area contributed by atoms with E-state index in [1.165, 1.54) is 4.90 Å². The molecule has 0 unspecified atom stereocenters. The van der Waals surface area contributed by atoms with Gasteiger partial charge in [-0.05, 0) is 18.1 Å². The Morgan fingerprint density at radius 3 is 2.47 bits per heavy atom. The number of carbonyl (C=O) groups excluding carboxylic acids is 2. The van der Waals surface area contributed by atoms with E-state index in [1.54, 1.807) is 11.8 Å². The minimum Gasteiger partial charge on any atom is -0.292 e. The van der Waals surface area contributed by atoms with Gasteiger partial charge < -0.3 is 0 Å². The second kappa shape index (κ2) is 5.43. The van der Waals surface area contributed by atoms with E-state index < -0.39 is 0 Å². The van der Waals surface area contributed by atoms with Gasteiger partial charge in [0.05, 0.1) is 6.04 Å². The average molecular weight is 260 g/mol. The molecule has 1 fully saturated rings. The first-order valence-electron chi connectivity index (χ1n) is 6.74. The molecule has 0 aliphatic carbocycles. The maximum atomic E-state index is 12.5. The Labute approximate surface area is 114 Å². The number of urea groups is 1. The molecule has 0 aromatic heterocycles. The number of hydrogen-bond donors (Lipinski definition) is 0. The van der Waals surface area contributed by atoms with Crippen LogP contribution in [0.5, 0.6) is 0 Å². The van der Waals surface area contributed by atoms with Gasteiger partial charge in [-0.15, -0.1) is 0 Å². The monoisotopic (exact) mass is 260 g/mol. The molecule has 0 saturated carbocycles. The minimum absolute atomic E-state index is 0.0415. The number of imide groups is 1. The number of para-hydroxylation sites is 1. The molecule has 2 rings (SSSR count). The summed E-state index contributed by atoms with van der Waals surface area (Å²) in [5.74, 6) is 0.162. The molecule has 4 heteroatoms. The molecular formula is C15H20N2O2. The minimum atomic E-state index is -0.197. The van der Waals surface area contributed by atoms with Crippen molar-refractivity contribution in [3.8, 4) is 0 Å². The van der Waals surface area contributed by atoms with E-state index in [9.17, 15) is 9.59 Å². The molecule has 1 heterocycles. The molecule has 4 nitrogen and oxygen atoms in total. The highest BCUT2D eigenvalue weighted by atomic mass is 16.2. The summed E-state index contributed by atoms with van der Waals surface area (Å²) >= 11 is 0. The number of rotatable bonds is 3. The lowest BCUT2D eigenvalue weighted by molar-refractivity contribution is -0.129. The molecule has 0 spiro atoms. The molecule has 1 atom stereocenters. The Kier molecular flexibility index (Phi) is 3.88. The molecule has 1 saturated heterocycles. The van der Waals surface area contributed by atoms with E-state index in [0.717, 1.165) is 5.69 Å². The Balaban J connectivity index is 2.31. The number of carbonyl (C=O) groups is 2. The van der Waals surface area contributed by atoms with Crippen LogP contribution in [-0.4, -0.2) is 29.4 Å². The summed E-state index contributed by atoms with van der Waals surface area (Å²) in [6.07, 6.45) is 0.359. The zero-order valence-corrected chi connectivity index (χ0v) is 11.7. The SMILES string of the molecule is CCC(=O)N1C(=O)N(c2ccccc2)C[C@@H]1C(C)C. The summed E-state index contributed by atoms with van der Waals surface area (Å²) in [5, 5.41) is 0. The molecule has 19 heavy (non-hydrogen) atoms. The van der Waals surface area contributed by atoms with E-state index in [2.05, 4.69) is 0 Å². The van der Waals surface area contributed by atoms with Crippen molar-refractivity contribution in [2.24, 2.45) is 5.92 Å². The van der Waals surface area contributed by atoms with E-state index >= 15 is 0 Å². The van der Waals surface area contributed by atoms with Crippen molar-refractivity contribution in [1.82, 2.24) is 4.90 Å². The lowest BCUT2D eigenvalue weighted by Crippen LogP contribution is -2.42. The van der Waals surface area contributed by atoms with Gasteiger partial charge in [0.2, 0.25) is 5.91 Å². The van der Waals surface area contributed by atoms with Gasteiger partial charge in [0.25, 0.3) is 0 Å². The highest BCUT2D eigenvalue weighted by Crippen LogP contribution is 2.27. The van der Waals surface area contributed by atoms with Crippen molar-refractivity contribution in [3.05, 3.63) is 30.3 Å². The van der Waals surface area contributed by atoms with Gasteiger partial charge in [0.15, 0.2) is 0 Å². The summed E-state index contributed by atoms with van der Waals surface area (Å²) in [4.78, 5) is 27.6. The number of anilines is 1. The number of hydrogen-bond acceptors (Lipinski definition) is 2. The van der Waals surface area contributed by atoms with Gasteiger partial charge in [-0.25, -0.2) is 4.79 Å². The fourth-order valence-corrected chi connectivity index (χ4v) is 2.41. The average Bonchev–Trinajstić information content (AvgIpc) is 2.77. The van der Waals surface area contributed by atoms with Crippen LogP contribution in [0.2, 0.25) is 0 Å². The lowest BCUT2D eigenvalue weighted by Gasteiger charge is -2.23. The van der Waals surface area contributed by atoms with Crippen LogP contribution in [0.15, 0.2) is 30.3 Å². The topological polar surface area (TPSA) is 40.6 Å². The first-order valence-corrected chi connectivity index (χ1v) is 6.74. The Hall–Kier alpha value is -1.84. The maximum absolute atomic E-state index is 12.5. The van der Waals surface area contributed by atoms with E-state index in [-0.39, 0.29) is 23.9 Å². The van der Waals surface area contributed by atoms with Crippen molar-refractivity contribution in [2.45, 2.75) is 33.2 Å². The Morgan fingerprint density at radius 1 is 1.32 bits per heavy atom. The summed E-state index contributed by atoms with van der Waals surface area (Å²) in [7, 11) is 0. The fraction of sp³-hybridized carbons (Fsp3) is 0.467. The van der Waals surface area contributed by atoms with Gasteiger partial charge in [0, 0.05) is 18.7 Å². The first kappa shape index (κ1) is 13.6. The molecule has 1 aliphatic rings. The second-order valence-electron chi connectivity index (χ2n) is 5.16. The van der Waals surface area contributed by atoms with Crippen LogP contribution in [-0.2, 0) is 4.79 Å². The van der Waals surface area contributed by atoms with Crippen molar-refractivity contribution >= 4 is 17.6 Å². The van der Waals surface area contributed by atoms with Crippen LogP contribution in [0.1, 0.15) is 27.2 Å². The molecule has 0 bridgehead atoms. The Morgan fingerprint density at radius 2 is 1.95 bits per heavy atom. The quantitative estimate of drug-likeness (QED) is 0.838. The lowest BCUT2D eigenvalue weighted by atomic mass is 10.0. The van der Waals surface area contributed by atoms with Crippen LogP contribution < -0.4 is 4.90 Å². The van der Waals surface area contributed by atoms with Crippen molar-refractivity contribution in [1.29, 1.82) is 0 Å². The summed E-state index contributed by atoms with van der Waals surface area (Å²) in [5.41, 5.74) is 0.851. The third-order valence-corrected chi connectivity index (χ3v) is 3.55. The highest BCUT2D eigenvalue weighted by Gasteiger charge is 2.42. The van der Waals surface area contributed by atoms with Gasteiger partial charge >= 0.3 is 6.03 Å². The standard InChI is InChI=1S/C15H20N2O2/c1-4-14(18)17-13(11(2)3)10-16(15(17)19)12-8-6-5-7-9-12/h5-9,11,13H,4,10H2,1-3H3/t13-/m1/s1. The number of nitrogens with zero attached hydrogens (tertiary/aromatic N) is 2. The van der Waals surface area contributed by atoms with Gasteiger partial charge in [-0.2, -0.15) is 0 Å². The molecular weight excluding hydrogens is 240 g/mol. The number of benzene rings is 1. The molecule has 1 aromatic rings. The maximum Gasteiger partial charge on any atom is 0.331 e. The molecule has 1 aromatic carbocycles. The molecule has 1 aliphatic heterocycles. The van der Waals surface area contributed by atoms with Crippen LogP contribution >= 0.6 is 0 Å². The third-order valence-electron chi connectivity index (χ3n) is 3.55. The fourth-order valence-electron chi connectivity index (χ4n) is 2.41. The summed E-state index contributed by atoms with van der Waals surface area (Å²) < 4.78 is 0. The highest BCUT2D eigenvalue weighted by molar-refractivity contribution is 6.05. The first-order chi connectivity index (χ1) is 9.06. The molecule has 0 radical (unpaired) electrons. The third kappa shape index (κ3) is 2.48. The van der Waals surface area contributed by atoms with Crippen LogP contribution in [0, 0.1) is 5.92 Å². The predicted molar refractivity (Wildman–Crippen MR) is 74.9 cm³/mol. The van der Waals surface area contributed by atoms with Crippen LogP contribution in [0.4, 0.5) is 10.5 Å².